The third-order valence-corrected chi connectivity index (χ3v) is 4.51. The molecule has 0 atom stereocenters. The van der Waals surface area contributed by atoms with Gasteiger partial charge in [-0.3, -0.25) is 4.98 Å². The molecule has 6 nitrogen and oxygen atoms in total. The summed E-state index contributed by atoms with van der Waals surface area (Å²) in [6.45, 7) is 6.07. The van der Waals surface area contributed by atoms with E-state index < -0.39 is 5.82 Å². The maximum Gasteiger partial charge on any atom is 0.291 e. The number of nitrogens with two attached hydrogens (primary N) is 1. The molecule has 0 aliphatic rings. The predicted molar refractivity (Wildman–Crippen MR) is 113 cm³/mol. The molecule has 0 spiro atoms. The lowest BCUT2D eigenvalue weighted by Gasteiger charge is -2.17. The molecule has 1 aromatic heterocycles. The van der Waals surface area contributed by atoms with E-state index in [0.29, 0.717) is 17.1 Å². The third kappa shape index (κ3) is 5.97. The number of methoxy groups -OCH3 is 1. The molecule has 28 heavy (non-hydrogen) atoms. The molecule has 150 valence electrons. The summed E-state index contributed by atoms with van der Waals surface area (Å²) in [6, 6.07) is 5.03. The Hall–Kier alpha value is -2.58. The number of aromatic nitrogens is 1. The van der Waals surface area contributed by atoms with E-state index in [1.165, 1.54) is 17.8 Å². The molecule has 0 aliphatic heterocycles. The van der Waals surface area contributed by atoms with Gasteiger partial charge in [0.2, 0.25) is 0 Å². The van der Waals surface area contributed by atoms with E-state index in [1.807, 2.05) is 19.1 Å². The van der Waals surface area contributed by atoms with E-state index in [2.05, 4.69) is 28.8 Å². The summed E-state index contributed by atoms with van der Waals surface area (Å²) < 4.78 is 24.4. The van der Waals surface area contributed by atoms with E-state index >= 15 is 0 Å². The first-order valence-corrected chi connectivity index (χ1v) is 9.27. The number of thiocarbonyl (C=S) groups is 1. The number of rotatable bonds is 7. The van der Waals surface area contributed by atoms with Crippen LogP contribution >= 0.6 is 12.2 Å². The molecule has 0 radical (unpaired) electrons. The number of hydrogen-bond donors (Lipinski definition) is 1. The zero-order valence-corrected chi connectivity index (χ0v) is 17.3. The van der Waals surface area contributed by atoms with E-state index in [1.54, 1.807) is 7.11 Å². The maximum atomic E-state index is 13.3. The maximum absolute atomic E-state index is 13.3. The summed E-state index contributed by atoms with van der Waals surface area (Å²) in [6.07, 6.45) is 3.38. The van der Waals surface area contributed by atoms with Crippen LogP contribution in [0.15, 0.2) is 35.6 Å². The van der Waals surface area contributed by atoms with Crippen molar-refractivity contribution in [3.8, 4) is 11.5 Å². The lowest BCUT2D eigenvalue weighted by atomic mass is 10.0. The highest BCUT2D eigenvalue weighted by Gasteiger charge is 2.13. The van der Waals surface area contributed by atoms with Crippen LogP contribution in [0.25, 0.3) is 0 Å². The van der Waals surface area contributed by atoms with E-state index in [-0.39, 0.29) is 11.0 Å². The molecular formula is C20H25FN4O2S. The summed E-state index contributed by atoms with van der Waals surface area (Å²) >= 11 is 5.16. The Bertz CT molecular complexity index is 873. The molecule has 0 fully saturated rings. The third-order valence-electron chi connectivity index (χ3n) is 4.33. The van der Waals surface area contributed by atoms with Gasteiger partial charge in [-0.2, -0.15) is 4.99 Å². The van der Waals surface area contributed by atoms with Crippen molar-refractivity contribution in [2.45, 2.75) is 20.3 Å². The van der Waals surface area contributed by atoms with Gasteiger partial charge in [0.1, 0.15) is 11.7 Å². The van der Waals surface area contributed by atoms with Gasteiger partial charge < -0.3 is 20.1 Å². The first kappa shape index (κ1) is 21.7. The highest BCUT2D eigenvalue weighted by molar-refractivity contribution is 7.80. The Balaban J connectivity index is 2.17. The fourth-order valence-electron chi connectivity index (χ4n) is 2.51. The van der Waals surface area contributed by atoms with Gasteiger partial charge in [-0.1, -0.05) is 6.92 Å². The molecule has 0 unspecified atom stereocenters. The van der Waals surface area contributed by atoms with Crippen molar-refractivity contribution in [3.05, 3.63) is 53.1 Å². The number of ether oxygens (including phenoxy) is 2. The molecule has 0 saturated heterocycles. The fourth-order valence-corrected chi connectivity index (χ4v) is 2.70. The quantitative estimate of drug-likeness (QED) is 0.434. The number of pyridine rings is 1. The molecule has 8 heteroatoms. The van der Waals surface area contributed by atoms with Crippen molar-refractivity contribution >= 4 is 23.2 Å². The van der Waals surface area contributed by atoms with Gasteiger partial charge in [0.15, 0.2) is 11.5 Å². The van der Waals surface area contributed by atoms with Crippen LogP contribution in [0, 0.1) is 12.7 Å². The zero-order valence-electron chi connectivity index (χ0n) is 16.5. The second-order valence-electron chi connectivity index (χ2n) is 6.33. The number of likely N-dealkylation sites (N-methyl/N-ethyl adjacent to an activating group) is 1. The summed E-state index contributed by atoms with van der Waals surface area (Å²) in [5, 5.41) is -0.0991. The van der Waals surface area contributed by atoms with E-state index in [9.17, 15) is 4.39 Å². The molecule has 1 aromatic carbocycles. The summed E-state index contributed by atoms with van der Waals surface area (Å²) in [5.74, 6) is 0.519. The van der Waals surface area contributed by atoms with Gasteiger partial charge >= 0.3 is 0 Å². The number of amidine groups is 1. The molecule has 0 aliphatic carbocycles. The predicted octanol–water partition coefficient (Wildman–Crippen LogP) is 3.10. The van der Waals surface area contributed by atoms with Crippen LogP contribution in [-0.2, 0) is 6.42 Å². The molecular weight excluding hydrogens is 379 g/mol. The second-order valence-corrected chi connectivity index (χ2v) is 6.68. The van der Waals surface area contributed by atoms with Crippen molar-refractivity contribution in [2.24, 2.45) is 10.7 Å². The lowest BCUT2D eigenvalue weighted by molar-refractivity contribution is 0.356. The van der Waals surface area contributed by atoms with E-state index in [0.717, 1.165) is 31.3 Å². The van der Waals surface area contributed by atoms with E-state index in [4.69, 9.17) is 27.4 Å². The normalized spacial score (nSPS) is 11.6. The van der Waals surface area contributed by atoms with Gasteiger partial charge in [-0.25, -0.2) is 4.39 Å². The van der Waals surface area contributed by atoms with Crippen molar-refractivity contribution in [1.82, 2.24) is 9.88 Å². The molecule has 0 saturated carbocycles. The average Bonchev–Trinajstić information content (AvgIpc) is 2.66. The fraction of sp³-hybridized carbons (Fsp3) is 0.350. The molecule has 2 N–H and O–H groups in total. The Morgan fingerprint density at radius 3 is 2.68 bits per heavy atom. The van der Waals surface area contributed by atoms with Crippen LogP contribution in [0.3, 0.4) is 0 Å². The first-order chi connectivity index (χ1) is 13.3. The van der Waals surface area contributed by atoms with Gasteiger partial charge in [0.05, 0.1) is 13.3 Å². The average molecular weight is 405 g/mol. The minimum absolute atomic E-state index is 0.0203. The Labute approximate surface area is 170 Å². The van der Waals surface area contributed by atoms with Gasteiger partial charge in [-0.05, 0) is 68.5 Å². The number of aryl methyl sites for hydroxylation is 1. The van der Waals surface area contributed by atoms with Gasteiger partial charge in [0.25, 0.3) is 5.17 Å². The van der Waals surface area contributed by atoms with Crippen LogP contribution in [0.1, 0.15) is 23.6 Å². The molecule has 1 heterocycles. The van der Waals surface area contributed by atoms with Crippen LogP contribution in [-0.4, -0.2) is 48.1 Å². The molecule has 2 aromatic rings. The highest BCUT2D eigenvalue weighted by atomic mass is 32.1. The largest absolute Gasteiger partial charge is 0.493 e. The Morgan fingerprint density at radius 2 is 2.04 bits per heavy atom. The zero-order chi connectivity index (χ0) is 20.7. The number of benzene rings is 1. The first-order valence-electron chi connectivity index (χ1n) is 8.87. The van der Waals surface area contributed by atoms with Crippen LogP contribution in [0.4, 0.5) is 4.39 Å². The number of hydrogen-bond acceptors (Lipinski definition) is 5. The van der Waals surface area contributed by atoms with Crippen molar-refractivity contribution in [2.75, 3.05) is 27.2 Å². The minimum atomic E-state index is -0.510. The monoisotopic (exact) mass is 404 g/mol. The smallest absolute Gasteiger partial charge is 0.291 e. The van der Waals surface area contributed by atoms with Crippen molar-refractivity contribution in [1.29, 1.82) is 0 Å². The Kier molecular flexibility index (Phi) is 7.83. The number of aliphatic imine (C=N–C) groups is 1. The van der Waals surface area contributed by atoms with Gasteiger partial charge in [0, 0.05) is 18.3 Å². The number of halogens is 1. The van der Waals surface area contributed by atoms with Crippen LogP contribution in [0.2, 0.25) is 0 Å². The number of nitrogens with zero attached hydrogens (tertiary/aromatic N) is 3. The lowest BCUT2D eigenvalue weighted by Crippen LogP contribution is -2.20. The van der Waals surface area contributed by atoms with Crippen molar-refractivity contribution in [3.63, 3.8) is 0 Å². The summed E-state index contributed by atoms with van der Waals surface area (Å²) in [5.41, 5.74) is 8.42. The molecule has 2 rings (SSSR count). The second kappa shape index (κ2) is 10.1. The SMILES string of the molecule is CCN(C)CCc1cc(OC)c(OC(=S)N=C(N)c2cncc(F)c2)cc1C. The van der Waals surface area contributed by atoms with Crippen LogP contribution in [0.5, 0.6) is 11.5 Å². The standard InChI is InChI=1S/C20H25FN4O2S/c1-5-25(3)7-6-14-10-17(26-4)18(8-13(14)2)27-20(28)24-19(22)15-9-16(21)12-23-11-15/h8-12H,5-7H2,1-4H3,(H2,22,24,28). The van der Waals surface area contributed by atoms with Crippen molar-refractivity contribution < 1.29 is 13.9 Å². The van der Waals surface area contributed by atoms with Crippen LogP contribution < -0.4 is 15.2 Å². The topological polar surface area (TPSA) is 73.0 Å². The summed E-state index contributed by atoms with van der Waals surface area (Å²) in [7, 11) is 3.65. The minimum Gasteiger partial charge on any atom is -0.493 e. The Morgan fingerprint density at radius 1 is 1.29 bits per heavy atom. The molecule has 0 bridgehead atoms. The highest BCUT2D eigenvalue weighted by Crippen LogP contribution is 2.31. The molecule has 0 amide bonds. The van der Waals surface area contributed by atoms with Gasteiger partial charge in [-0.15, -0.1) is 0 Å². The summed E-state index contributed by atoms with van der Waals surface area (Å²) in [4.78, 5) is 9.99.